The van der Waals surface area contributed by atoms with Crippen LogP contribution in [0.15, 0.2) is 78.9 Å². The summed E-state index contributed by atoms with van der Waals surface area (Å²) in [5.41, 5.74) is 1.65. The van der Waals surface area contributed by atoms with E-state index in [-0.39, 0.29) is 10.6 Å². The molecule has 150 valence electrons. The van der Waals surface area contributed by atoms with Crippen molar-refractivity contribution in [2.24, 2.45) is 0 Å². The predicted molar refractivity (Wildman–Crippen MR) is 133 cm³/mol. The van der Waals surface area contributed by atoms with E-state index >= 15 is 0 Å². The van der Waals surface area contributed by atoms with Crippen LogP contribution < -0.4 is 9.75 Å². The van der Waals surface area contributed by atoms with E-state index < -0.39 is 0 Å². The van der Waals surface area contributed by atoms with Gasteiger partial charge in [0, 0.05) is 26.1 Å². The van der Waals surface area contributed by atoms with Crippen LogP contribution >= 0.6 is 11.3 Å². The number of fused-ring (bicyclic) bond motifs is 4. The number of hydrogen-bond acceptors (Lipinski definition) is 3. The summed E-state index contributed by atoms with van der Waals surface area (Å²) in [4.78, 5) is 11.7. The number of hydrogen-bond donors (Lipinski definition) is 0. The van der Waals surface area contributed by atoms with E-state index in [2.05, 4.69) is 24.8 Å². The standard InChI is InChI=1S/C27H19NO2S/c1-3-4-10-19-17(2)31-27-22-13-8-7-12-21(22)23(16-24(19)27)26-20-11-6-5-9-18(20)14-15-25(26)28(29)30/h3-16H,2H2,1H3/b4-3-,19-10+. The Bertz CT molecular complexity index is 1640. The van der Waals surface area contributed by atoms with Crippen LogP contribution in [-0.2, 0) is 0 Å². The molecule has 0 bridgehead atoms. The summed E-state index contributed by atoms with van der Waals surface area (Å²) in [5, 5.41) is 18.1. The summed E-state index contributed by atoms with van der Waals surface area (Å²) in [5.74, 6) is 0. The maximum atomic E-state index is 12.0. The third-order valence-electron chi connectivity index (χ3n) is 5.64. The lowest BCUT2D eigenvalue weighted by atomic mass is 9.91. The fourth-order valence-electron chi connectivity index (χ4n) is 4.26. The molecule has 1 aromatic heterocycles. The Labute approximate surface area is 183 Å². The maximum absolute atomic E-state index is 12.0. The molecule has 4 aromatic carbocycles. The number of benzene rings is 4. The van der Waals surface area contributed by atoms with Crippen LogP contribution in [0, 0.1) is 10.1 Å². The van der Waals surface area contributed by atoms with Gasteiger partial charge in [0.05, 0.1) is 10.5 Å². The average Bonchev–Trinajstić information content (AvgIpc) is 3.11. The largest absolute Gasteiger partial charge is 0.277 e. The molecule has 5 aromatic rings. The molecule has 0 saturated carbocycles. The van der Waals surface area contributed by atoms with Crippen molar-refractivity contribution in [3.8, 4) is 11.1 Å². The molecule has 0 aliphatic heterocycles. The summed E-state index contributed by atoms with van der Waals surface area (Å²) < 4.78 is 2.14. The Morgan fingerprint density at radius 2 is 1.65 bits per heavy atom. The normalized spacial score (nSPS) is 12.5. The lowest BCUT2D eigenvalue weighted by Crippen LogP contribution is -2.15. The third kappa shape index (κ3) is 3.04. The highest BCUT2D eigenvalue weighted by atomic mass is 32.1. The minimum absolute atomic E-state index is 0.118. The first-order chi connectivity index (χ1) is 15.1. The highest BCUT2D eigenvalue weighted by Crippen LogP contribution is 2.42. The third-order valence-corrected chi connectivity index (χ3v) is 6.75. The summed E-state index contributed by atoms with van der Waals surface area (Å²) in [7, 11) is 0. The van der Waals surface area contributed by atoms with Crippen molar-refractivity contribution in [1.82, 2.24) is 0 Å². The Hall–Kier alpha value is -3.76. The van der Waals surface area contributed by atoms with Crippen molar-refractivity contribution < 1.29 is 4.92 Å². The van der Waals surface area contributed by atoms with Gasteiger partial charge in [0.2, 0.25) is 0 Å². The van der Waals surface area contributed by atoms with Crippen molar-refractivity contribution in [1.29, 1.82) is 0 Å². The molecule has 0 saturated heterocycles. The summed E-state index contributed by atoms with van der Waals surface area (Å²) in [6.45, 7) is 6.24. The van der Waals surface area contributed by atoms with Crippen molar-refractivity contribution >= 4 is 61.3 Å². The highest BCUT2D eigenvalue weighted by molar-refractivity contribution is 7.18. The molecule has 0 N–H and O–H groups in total. The lowest BCUT2D eigenvalue weighted by molar-refractivity contribution is -0.384. The molecular weight excluding hydrogens is 402 g/mol. The highest BCUT2D eigenvalue weighted by Gasteiger charge is 2.21. The fraction of sp³-hybridized carbons (Fsp3) is 0.0370. The van der Waals surface area contributed by atoms with Gasteiger partial charge in [-0.15, -0.1) is 11.3 Å². The van der Waals surface area contributed by atoms with E-state index in [0.717, 1.165) is 46.9 Å². The minimum Gasteiger partial charge on any atom is -0.258 e. The minimum atomic E-state index is -0.284. The summed E-state index contributed by atoms with van der Waals surface area (Å²) in [6.07, 6.45) is 6.06. The van der Waals surface area contributed by atoms with Crippen LogP contribution in [0.25, 0.3) is 55.4 Å². The second-order valence-corrected chi connectivity index (χ2v) is 8.52. The molecule has 0 aliphatic rings. The van der Waals surface area contributed by atoms with Crippen molar-refractivity contribution in [2.75, 3.05) is 0 Å². The van der Waals surface area contributed by atoms with Gasteiger partial charge in [0.15, 0.2) is 0 Å². The summed E-state index contributed by atoms with van der Waals surface area (Å²) in [6, 6.07) is 21.5. The van der Waals surface area contributed by atoms with Crippen LogP contribution in [0.5, 0.6) is 0 Å². The molecule has 0 unspecified atom stereocenters. The Balaban J connectivity index is 2.04. The molecule has 0 fully saturated rings. The molecule has 0 atom stereocenters. The van der Waals surface area contributed by atoms with Crippen molar-refractivity contribution in [2.45, 2.75) is 6.92 Å². The van der Waals surface area contributed by atoms with Gasteiger partial charge >= 0.3 is 0 Å². The van der Waals surface area contributed by atoms with Gasteiger partial charge in [0.1, 0.15) is 0 Å². The van der Waals surface area contributed by atoms with Crippen LogP contribution in [0.1, 0.15) is 6.92 Å². The van der Waals surface area contributed by atoms with E-state index in [9.17, 15) is 10.1 Å². The summed E-state index contributed by atoms with van der Waals surface area (Å²) >= 11 is 1.67. The smallest absolute Gasteiger partial charge is 0.258 e. The van der Waals surface area contributed by atoms with Gasteiger partial charge < -0.3 is 0 Å². The number of rotatable bonds is 3. The first kappa shape index (κ1) is 19.2. The number of nitro benzene ring substituents is 1. The zero-order chi connectivity index (χ0) is 21.5. The Morgan fingerprint density at radius 1 is 0.935 bits per heavy atom. The monoisotopic (exact) mass is 421 g/mol. The van der Waals surface area contributed by atoms with Gasteiger partial charge in [-0.2, -0.15) is 0 Å². The van der Waals surface area contributed by atoms with E-state index in [4.69, 9.17) is 0 Å². The number of nitrogens with zero attached hydrogens (tertiary/aromatic N) is 1. The molecule has 0 aliphatic carbocycles. The van der Waals surface area contributed by atoms with E-state index in [0.29, 0.717) is 5.56 Å². The van der Waals surface area contributed by atoms with E-state index in [1.165, 1.54) is 0 Å². The van der Waals surface area contributed by atoms with Gasteiger partial charge in [0.25, 0.3) is 5.69 Å². The number of allylic oxidation sites excluding steroid dienone is 2. The molecular formula is C27H19NO2S. The molecule has 31 heavy (non-hydrogen) atoms. The first-order valence-corrected chi connectivity index (χ1v) is 10.8. The van der Waals surface area contributed by atoms with Crippen LogP contribution in [0.4, 0.5) is 5.69 Å². The molecule has 0 spiro atoms. The van der Waals surface area contributed by atoms with Crippen molar-refractivity contribution in [3.63, 3.8) is 0 Å². The average molecular weight is 422 g/mol. The Kier molecular flexibility index (Phi) is 4.64. The molecule has 3 nitrogen and oxygen atoms in total. The van der Waals surface area contributed by atoms with Gasteiger partial charge in [-0.25, -0.2) is 0 Å². The van der Waals surface area contributed by atoms with Crippen molar-refractivity contribution in [3.05, 3.63) is 98.7 Å². The number of thiophene rings is 1. The second kappa shape index (κ2) is 7.49. The van der Waals surface area contributed by atoms with Crippen LogP contribution in [-0.4, -0.2) is 4.92 Å². The first-order valence-electron chi connectivity index (χ1n) is 10.0. The number of nitro groups is 1. The molecule has 5 rings (SSSR count). The molecule has 0 amide bonds. The van der Waals surface area contributed by atoms with Crippen LogP contribution in [0.2, 0.25) is 0 Å². The van der Waals surface area contributed by atoms with Gasteiger partial charge in [-0.05, 0) is 46.0 Å². The van der Waals surface area contributed by atoms with E-state index in [1.54, 1.807) is 17.4 Å². The topological polar surface area (TPSA) is 43.1 Å². The zero-order valence-electron chi connectivity index (χ0n) is 17.0. The quantitative estimate of drug-likeness (QED) is 0.245. The predicted octanol–water partition coefficient (Wildman–Crippen LogP) is 6.55. The lowest BCUT2D eigenvalue weighted by Gasteiger charge is -2.12. The molecule has 1 heterocycles. The van der Waals surface area contributed by atoms with Gasteiger partial charge in [-0.1, -0.05) is 73.3 Å². The zero-order valence-corrected chi connectivity index (χ0v) is 17.8. The molecule has 4 heteroatoms. The van der Waals surface area contributed by atoms with E-state index in [1.807, 2.05) is 67.6 Å². The fourth-order valence-corrected chi connectivity index (χ4v) is 5.37. The SMILES string of the molecule is C=c1sc2c(cc(-c3c([N+](=O)[O-])ccc4ccccc34)c3ccccc32)/c1=C/C=C\C. The van der Waals surface area contributed by atoms with Crippen LogP contribution in [0.3, 0.4) is 0 Å². The molecule has 0 radical (unpaired) electrons. The second-order valence-electron chi connectivity index (χ2n) is 7.42. The van der Waals surface area contributed by atoms with Gasteiger partial charge in [-0.3, -0.25) is 10.1 Å². The maximum Gasteiger partial charge on any atom is 0.277 e. The Morgan fingerprint density at radius 3 is 2.39 bits per heavy atom.